The summed E-state index contributed by atoms with van der Waals surface area (Å²) in [6, 6.07) is 16.4. The van der Waals surface area contributed by atoms with Crippen molar-refractivity contribution in [3.8, 4) is 22.5 Å². The van der Waals surface area contributed by atoms with Crippen molar-refractivity contribution < 1.29 is 9.90 Å². The molecule has 0 spiro atoms. The number of carbonyl (C=O) groups is 1. The molecular weight excluding hydrogens is 386 g/mol. The van der Waals surface area contributed by atoms with Crippen molar-refractivity contribution in [2.75, 3.05) is 5.75 Å². The van der Waals surface area contributed by atoms with E-state index in [2.05, 4.69) is 38.5 Å². The Morgan fingerprint density at radius 2 is 1.90 bits per heavy atom. The molecule has 146 valence electrons. The van der Waals surface area contributed by atoms with Crippen molar-refractivity contribution in [3.63, 3.8) is 0 Å². The first-order chi connectivity index (χ1) is 14.1. The van der Waals surface area contributed by atoms with Gasteiger partial charge >= 0.3 is 5.97 Å². The molecule has 0 radical (unpaired) electrons. The third-order valence-corrected chi connectivity index (χ3v) is 5.15. The molecule has 2 aromatic carbocycles. The molecule has 0 saturated heterocycles. The molecule has 0 aliphatic carbocycles. The lowest BCUT2D eigenvalue weighted by Crippen LogP contribution is -1.99. The molecule has 7 nitrogen and oxygen atoms in total. The van der Waals surface area contributed by atoms with Crippen LogP contribution in [0.3, 0.4) is 0 Å². The Morgan fingerprint density at radius 1 is 1.10 bits per heavy atom. The maximum Gasteiger partial charge on any atom is 0.313 e. The van der Waals surface area contributed by atoms with Crippen LogP contribution >= 0.6 is 11.8 Å². The summed E-state index contributed by atoms with van der Waals surface area (Å²) in [5.41, 5.74) is 5.23. The first kappa shape index (κ1) is 18.9. The Labute approximate surface area is 171 Å². The number of carboxylic acid groups (broad SMARTS) is 1. The van der Waals surface area contributed by atoms with E-state index >= 15 is 0 Å². The number of aromatic nitrogens is 5. The molecule has 2 N–H and O–H groups in total. The predicted octanol–water partition coefficient (Wildman–Crippen LogP) is 3.87. The fourth-order valence-corrected chi connectivity index (χ4v) is 3.56. The van der Waals surface area contributed by atoms with Crippen molar-refractivity contribution in [1.82, 2.24) is 25.0 Å². The molecule has 8 heteroatoms. The quantitative estimate of drug-likeness (QED) is 0.453. The summed E-state index contributed by atoms with van der Waals surface area (Å²) in [5, 5.41) is 22.0. The molecule has 0 atom stereocenters. The number of aryl methyl sites for hydroxylation is 1. The highest BCUT2D eigenvalue weighted by atomic mass is 32.2. The van der Waals surface area contributed by atoms with E-state index in [4.69, 9.17) is 5.11 Å². The average Bonchev–Trinajstić information content (AvgIpc) is 3.36. The molecule has 0 amide bonds. The molecule has 0 bridgehead atoms. The minimum Gasteiger partial charge on any atom is -0.481 e. The Morgan fingerprint density at radius 3 is 2.69 bits per heavy atom. The molecule has 0 saturated carbocycles. The average molecular weight is 405 g/mol. The Hall–Kier alpha value is -3.39. The summed E-state index contributed by atoms with van der Waals surface area (Å²) in [6.07, 6.45) is 3.89. The molecule has 4 rings (SSSR count). The summed E-state index contributed by atoms with van der Waals surface area (Å²) in [5.74, 6) is -0.341. The lowest BCUT2D eigenvalue weighted by atomic mass is 10.0. The van der Waals surface area contributed by atoms with Gasteiger partial charge in [-0.3, -0.25) is 9.48 Å². The number of aliphatic carboxylic acids is 1. The first-order valence-corrected chi connectivity index (χ1v) is 10.0. The van der Waals surface area contributed by atoms with Gasteiger partial charge in [-0.25, -0.2) is 0 Å². The zero-order chi connectivity index (χ0) is 20.2. The molecule has 0 aliphatic heterocycles. The van der Waals surface area contributed by atoms with E-state index in [9.17, 15) is 4.79 Å². The van der Waals surface area contributed by atoms with Gasteiger partial charge in [-0.15, -0.1) is 10.2 Å². The maximum atomic E-state index is 10.7. The number of benzene rings is 2. The summed E-state index contributed by atoms with van der Waals surface area (Å²) < 4.78 is 1.92. The van der Waals surface area contributed by atoms with Gasteiger partial charge in [-0.05, 0) is 35.7 Å². The number of hydrogen-bond acceptors (Lipinski definition) is 5. The number of hydrogen-bond donors (Lipinski definition) is 2. The number of H-pyrrole nitrogens is 1. The Kier molecular flexibility index (Phi) is 5.44. The van der Waals surface area contributed by atoms with E-state index < -0.39 is 5.97 Å². The highest BCUT2D eigenvalue weighted by Crippen LogP contribution is 2.27. The van der Waals surface area contributed by atoms with E-state index in [1.165, 1.54) is 5.56 Å². The van der Waals surface area contributed by atoms with E-state index in [-0.39, 0.29) is 5.75 Å². The molecule has 2 heterocycles. The van der Waals surface area contributed by atoms with Crippen molar-refractivity contribution in [2.24, 2.45) is 0 Å². The number of thioether (sulfide) groups is 1. The second kappa shape index (κ2) is 8.32. The monoisotopic (exact) mass is 405 g/mol. The van der Waals surface area contributed by atoms with Crippen LogP contribution in [-0.2, 0) is 11.3 Å². The zero-order valence-corrected chi connectivity index (χ0v) is 16.6. The summed E-state index contributed by atoms with van der Waals surface area (Å²) in [6.45, 7) is 2.74. The van der Waals surface area contributed by atoms with Crippen LogP contribution in [0.1, 0.15) is 11.1 Å². The number of rotatable bonds is 7. The van der Waals surface area contributed by atoms with Crippen LogP contribution in [0.5, 0.6) is 0 Å². The summed E-state index contributed by atoms with van der Waals surface area (Å²) in [7, 11) is 0. The van der Waals surface area contributed by atoms with Crippen molar-refractivity contribution in [2.45, 2.75) is 18.6 Å². The number of nitrogens with zero attached hydrogens (tertiary/aromatic N) is 4. The zero-order valence-electron chi connectivity index (χ0n) is 15.7. The van der Waals surface area contributed by atoms with Crippen LogP contribution in [0.4, 0.5) is 0 Å². The molecular formula is C21H19N5O2S. The van der Waals surface area contributed by atoms with Gasteiger partial charge in [-0.2, -0.15) is 5.10 Å². The predicted molar refractivity (Wildman–Crippen MR) is 112 cm³/mol. The molecule has 0 fully saturated rings. The molecule has 4 aromatic rings. The van der Waals surface area contributed by atoms with E-state index in [0.29, 0.717) is 17.5 Å². The van der Waals surface area contributed by atoms with E-state index in [1.54, 1.807) is 0 Å². The fourth-order valence-electron chi connectivity index (χ4n) is 3.03. The summed E-state index contributed by atoms with van der Waals surface area (Å²) >= 11 is 1.11. The van der Waals surface area contributed by atoms with Gasteiger partial charge in [0.1, 0.15) is 0 Å². The van der Waals surface area contributed by atoms with Gasteiger partial charge < -0.3 is 10.1 Å². The lowest BCUT2D eigenvalue weighted by molar-refractivity contribution is -0.133. The van der Waals surface area contributed by atoms with Gasteiger partial charge in [0, 0.05) is 17.3 Å². The molecule has 0 unspecified atom stereocenters. The molecule has 0 aliphatic rings. The van der Waals surface area contributed by atoms with E-state index in [1.807, 2.05) is 54.3 Å². The van der Waals surface area contributed by atoms with Gasteiger partial charge in [0.15, 0.2) is 11.0 Å². The highest BCUT2D eigenvalue weighted by Gasteiger charge is 2.11. The van der Waals surface area contributed by atoms with Crippen LogP contribution in [0, 0.1) is 6.92 Å². The standard InChI is InChI=1S/C21H19N5O2S/c1-14-7-16(18-10-22-26(12-18)11-15-5-3-2-4-6-15)9-17(8-14)20-23-21(25-24-20)29-13-19(27)28/h2-10,12H,11,13H2,1H3,(H,27,28)(H,23,24,25). The normalized spacial score (nSPS) is 10.9. The van der Waals surface area contributed by atoms with Crippen molar-refractivity contribution in [3.05, 3.63) is 72.1 Å². The second-order valence-corrected chi connectivity index (χ2v) is 7.63. The number of nitrogens with one attached hydrogen (secondary N) is 1. The van der Waals surface area contributed by atoms with Gasteiger partial charge in [0.05, 0.1) is 18.5 Å². The Balaban J connectivity index is 1.57. The third-order valence-electron chi connectivity index (χ3n) is 4.30. The minimum absolute atomic E-state index is 0.0612. The number of aromatic amines is 1. The van der Waals surface area contributed by atoms with Crippen LogP contribution in [0.15, 0.2) is 66.1 Å². The fraction of sp³-hybridized carbons (Fsp3) is 0.143. The summed E-state index contributed by atoms with van der Waals surface area (Å²) in [4.78, 5) is 13.8. The highest BCUT2D eigenvalue weighted by molar-refractivity contribution is 7.99. The van der Waals surface area contributed by atoms with Crippen LogP contribution < -0.4 is 0 Å². The van der Waals surface area contributed by atoms with Crippen LogP contribution in [-0.4, -0.2) is 41.8 Å². The molecule has 2 aromatic heterocycles. The second-order valence-electron chi connectivity index (χ2n) is 6.66. The number of carboxylic acids is 1. The van der Waals surface area contributed by atoms with E-state index in [0.717, 1.165) is 34.0 Å². The SMILES string of the molecule is Cc1cc(-c2cnn(Cc3ccccc3)c2)cc(-c2nnc(SCC(=O)O)[nH]2)c1. The van der Waals surface area contributed by atoms with Crippen molar-refractivity contribution in [1.29, 1.82) is 0 Å². The van der Waals surface area contributed by atoms with Crippen LogP contribution in [0.2, 0.25) is 0 Å². The smallest absolute Gasteiger partial charge is 0.313 e. The first-order valence-electron chi connectivity index (χ1n) is 9.03. The topological polar surface area (TPSA) is 96.7 Å². The maximum absolute atomic E-state index is 10.7. The van der Waals surface area contributed by atoms with Crippen molar-refractivity contribution >= 4 is 17.7 Å². The minimum atomic E-state index is -0.890. The molecule has 29 heavy (non-hydrogen) atoms. The largest absolute Gasteiger partial charge is 0.481 e. The van der Waals surface area contributed by atoms with Gasteiger partial charge in [0.25, 0.3) is 0 Å². The van der Waals surface area contributed by atoms with Gasteiger partial charge in [0.2, 0.25) is 0 Å². The van der Waals surface area contributed by atoms with Gasteiger partial charge in [-0.1, -0.05) is 48.2 Å². The third kappa shape index (κ3) is 4.72. The Bertz CT molecular complexity index is 1140. The lowest BCUT2D eigenvalue weighted by Gasteiger charge is -2.04. The van der Waals surface area contributed by atoms with Crippen LogP contribution in [0.25, 0.3) is 22.5 Å².